The molecule has 0 aliphatic carbocycles. The molecule has 0 unspecified atom stereocenters. The standard InChI is InChI=1S/C31H39NO8/c1-6-20-8-9-26(24(34)13-17(2)3)38-30(37)18(4)7-10-27(36)32-23-15-21(33)14-22-28-19(5)25(35)16-31(39-28,12-11-20)40-29(22)23/h7-9,13-15,19-20,24,26,28,33-34H,6,10-12,16H2,1-5H3,(H,32,36)/b9-8+,18-7-/t19-,20+,24+,26+,28+,31+/m1/s1. The molecule has 216 valence electrons. The van der Waals surface area contributed by atoms with Crippen LogP contribution in [-0.4, -0.2) is 45.9 Å². The Balaban J connectivity index is 1.76. The molecule has 6 atom stereocenters. The number of anilines is 1. The molecule has 9 nitrogen and oxygen atoms in total. The molecule has 9 heteroatoms. The third kappa shape index (κ3) is 6.47. The van der Waals surface area contributed by atoms with Crippen molar-refractivity contribution in [2.45, 2.75) is 90.8 Å². The van der Waals surface area contributed by atoms with Crippen LogP contribution in [0.2, 0.25) is 0 Å². The van der Waals surface area contributed by atoms with Crippen LogP contribution >= 0.6 is 0 Å². The maximum atomic E-state index is 13.1. The molecule has 3 bridgehead atoms. The van der Waals surface area contributed by atoms with Gasteiger partial charge in [0.05, 0.1) is 12.1 Å². The maximum Gasteiger partial charge on any atom is 0.334 e. The zero-order valence-electron chi connectivity index (χ0n) is 23.7. The number of aliphatic hydroxyl groups is 1. The van der Waals surface area contributed by atoms with E-state index in [-0.39, 0.29) is 41.6 Å². The Bertz CT molecular complexity index is 1260. The van der Waals surface area contributed by atoms with Gasteiger partial charge in [0.25, 0.3) is 0 Å². The van der Waals surface area contributed by atoms with Crippen molar-refractivity contribution >= 4 is 23.3 Å². The third-order valence-electron chi connectivity index (χ3n) is 7.71. The second-order valence-corrected chi connectivity index (χ2v) is 11.2. The second kappa shape index (κ2) is 12.0. The highest BCUT2D eigenvalue weighted by Crippen LogP contribution is 2.53. The number of allylic oxidation sites excluding steroid dienone is 2. The van der Waals surface area contributed by atoms with E-state index in [2.05, 4.69) is 5.32 Å². The minimum Gasteiger partial charge on any atom is -0.508 e. The first kappa shape index (κ1) is 29.6. The molecule has 1 fully saturated rings. The first-order chi connectivity index (χ1) is 18.9. The molecule has 40 heavy (non-hydrogen) atoms. The number of benzene rings is 1. The minimum absolute atomic E-state index is 0.00254. The Labute approximate surface area is 234 Å². The summed E-state index contributed by atoms with van der Waals surface area (Å²) in [5.41, 5.74) is 1.87. The molecule has 0 aromatic heterocycles. The fourth-order valence-electron chi connectivity index (χ4n) is 5.32. The van der Waals surface area contributed by atoms with E-state index < -0.39 is 41.9 Å². The molecule has 1 aromatic carbocycles. The second-order valence-electron chi connectivity index (χ2n) is 11.2. The lowest BCUT2D eigenvalue weighted by Gasteiger charge is -2.48. The highest BCUT2D eigenvalue weighted by Gasteiger charge is 2.52. The summed E-state index contributed by atoms with van der Waals surface area (Å²) in [6.45, 7) is 9.06. The van der Waals surface area contributed by atoms with E-state index in [1.54, 1.807) is 26.0 Å². The number of fused-ring (bicyclic) bond motifs is 2. The molecule has 3 aliphatic heterocycles. The quantitative estimate of drug-likeness (QED) is 0.351. The van der Waals surface area contributed by atoms with Gasteiger partial charge in [0.1, 0.15) is 29.8 Å². The van der Waals surface area contributed by atoms with Crippen molar-refractivity contribution in [1.82, 2.24) is 0 Å². The van der Waals surface area contributed by atoms with Crippen LogP contribution in [-0.2, 0) is 23.9 Å². The summed E-state index contributed by atoms with van der Waals surface area (Å²) in [6, 6.07) is 2.91. The highest BCUT2D eigenvalue weighted by molar-refractivity contribution is 5.96. The van der Waals surface area contributed by atoms with Crippen molar-refractivity contribution in [2.75, 3.05) is 5.32 Å². The molecule has 3 heterocycles. The zero-order chi connectivity index (χ0) is 29.2. The number of rotatable bonds is 3. The number of aromatic hydroxyl groups is 1. The van der Waals surface area contributed by atoms with E-state index in [0.717, 1.165) is 12.0 Å². The summed E-state index contributed by atoms with van der Waals surface area (Å²) in [4.78, 5) is 38.8. The number of cyclic esters (lactones) is 1. The van der Waals surface area contributed by atoms with E-state index in [4.69, 9.17) is 14.2 Å². The van der Waals surface area contributed by atoms with Gasteiger partial charge >= 0.3 is 5.97 Å². The number of ether oxygens (including phenoxy) is 3. The van der Waals surface area contributed by atoms with E-state index in [1.807, 2.05) is 26.8 Å². The molecular formula is C31H39NO8. The van der Waals surface area contributed by atoms with Gasteiger partial charge in [-0.25, -0.2) is 4.79 Å². The molecule has 1 amide bonds. The van der Waals surface area contributed by atoms with Crippen LogP contribution in [0.5, 0.6) is 11.5 Å². The fourth-order valence-corrected chi connectivity index (χ4v) is 5.32. The number of hydrogen-bond donors (Lipinski definition) is 3. The Morgan fingerprint density at radius 2 is 1.98 bits per heavy atom. The molecule has 1 saturated heterocycles. The molecule has 1 spiro atoms. The van der Waals surface area contributed by atoms with Gasteiger partial charge in [-0.15, -0.1) is 0 Å². The SMILES string of the molecule is CC[C@H]1/C=C/[C@@H]([C@@H](O)C=C(C)C)OC(=O)/C(C)=C\CC(=O)Nc2cc(O)cc3c2O[C@@]2(CC1)CC(=O)[C@@H](C)[C@@H]3O2. The highest BCUT2D eigenvalue weighted by atomic mass is 16.7. The molecule has 0 saturated carbocycles. The number of carbonyl (C=O) groups is 3. The van der Waals surface area contributed by atoms with Gasteiger partial charge < -0.3 is 29.7 Å². The number of esters is 1. The number of amides is 1. The van der Waals surface area contributed by atoms with Crippen LogP contribution in [0.15, 0.2) is 47.6 Å². The Kier molecular flexibility index (Phi) is 8.85. The fraction of sp³-hybridized carbons (Fsp3) is 0.516. The lowest BCUT2D eigenvalue weighted by molar-refractivity contribution is -0.261. The predicted octanol–water partition coefficient (Wildman–Crippen LogP) is 5.04. The molecule has 4 rings (SSSR count). The van der Waals surface area contributed by atoms with Gasteiger partial charge in [0, 0.05) is 36.0 Å². The zero-order valence-corrected chi connectivity index (χ0v) is 23.7. The van der Waals surface area contributed by atoms with Crippen LogP contribution in [0.1, 0.15) is 78.4 Å². The Morgan fingerprint density at radius 1 is 1.23 bits per heavy atom. The first-order valence-corrected chi connectivity index (χ1v) is 13.9. The summed E-state index contributed by atoms with van der Waals surface area (Å²) in [5.74, 6) is -2.46. The van der Waals surface area contributed by atoms with Crippen LogP contribution < -0.4 is 10.1 Å². The molecule has 3 N–H and O–H groups in total. The predicted molar refractivity (Wildman–Crippen MR) is 149 cm³/mol. The van der Waals surface area contributed by atoms with Crippen molar-refractivity contribution in [2.24, 2.45) is 11.8 Å². The summed E-state index contributed by atoms with van der Waals surface area (Å²) < 4.78 is 18.5. The smallest absolute Gasteiger partial charge is 0.334 e. The van der Waals surface area contributed by atoms with E-state index in [9.17, 15) is 24.6 Å². The lowest BCUT2D eigenvalue weighted by Crippen LogP contribution is -2.52. The van der Waals surface area contributed by atoms with Crippen molar-refractivity contribution in [3.63, 3.8) is 0 Å². The lowest BCUT2D eigenvalue weighted by atomic mass is 9.82. The Hall–Kier alpha value is -3.43. The van der Waals surface area contributed by atoms with Gasteiger partial charge in [-0.1, -0.05) is 37.6 Å². The maximum absolute atomic E-state index is 13.1. The normalized spacial score (nSPS) is 31.9. The summed E-state index contributed by atoms with van der Waals surface area (Å²) in [7, 11) is 0. The van der Waals surface area contributed by atoms with E-state index in [1.165, 1.54) is 18.2 Å². The summed E-state index contributed by atoms with van der Waals surface area (Å²) in [5, 5.41) is 24.0. The van der Waals surface area contributed by atoms with Gasteiger partial charge in [-0.05, 0) is 51.7 Å². The first-order valence-electron chi connectivity index (χ1n) is 13.9. The van der Waals surface area contributed by atoms with Gasteiger partial charge in [-0.3, -0.25) is 9.59 Å². The number of nitrogens with one attached hydrogen (secondary N) is 1. The van der Waals surface area contributed by atoms with Crippen LogP contribution in [0.25, 0.3) is 0 Å². The number of carbonyl (C=O) groups excluding carboxylic acids is 3. The molecule has 3 aliphatic rings. The van der Waals surface area contributed by atoms with E-state index >= 15 is 0 Å². The summed E-state index contributed by atoms with van der Waals surface area (Å²) >= 11 is 0. The Morgan fingerprint density at radius 3 is 2.67 bits per heavy atom. The van der Waals surface area contributed by atoms with Gasteiger partial charge in [0.2, 0.25) is 11.7 Å². The van der Waals surface area contributed by atoms with Crippen molar-refractivity contribution in [3.05, 3.63) is 53.1 Å². The number of aliphatic hydroxyl groups excluding tert-OH is 1. The van der Waals surface area contributed by atoms with Crippen molar-refractivity contribution in [1.29, 1.82) is 0 Å². The van der Waals surface area contributed by atoms with Crippen LogP contribution in [0.3, 0.4) is 0 Å². The largest absolute Gasteiger partial charge is 0.508 e. The average molecular weight is 554 g/mol. The van der Waals surface area contributed by atoms with E-state index in [0.29, 0.717) is 24.2 Å². The van der Waals surface area contributed by atoms with Gasteiger partial charge in [-0.2, -0.15) is 0 Å². The number of Topliss-reactive ketones (excluding diaryl/α,β-unsaturated/α-hetero) is 1. The van der Waals surface area contributed by atoms with Crippen LogP contribution in [0, 0.1) is 11.8 Å². The average Bonchev–Trinajstić information content (AvgIpc) is 2.89. The summed E-state index contributed by atoms with van der Waals surface area (Å²) in [6.07, 6.45) is 5.73. The number of phenolic OH excluding ortho intramolecular Hbond substituents is 1. The van der Waals surface area contributed by atoms with Crippen molar-refractivity contribution < 1.29 is 38.8 Å². The number of ketones is 1. The topological polar surface area (TPSA) is 131 Å². The molecular weight excluding hydrogens is 514 g/mol. The monoisotopic (exact) mass is 553 g/mol. The van der Waals surface area contributed by atoms with Crippen LogP contribution in [0.4, 0.5) is 5.69 Å². The minimum atomic E-state index is -1.23. The number of hydrogen-bond acceptors (Lipinski definition) is 8. The molecule has 0 radical (unpaired) electrons. The third-order valence-corrected chi connectivity index (χ3v) is 7.71. The van der Waals surface area contributed by atoms with Gasteiger partial charge in [0.15, 0.2) is 5.75 Å². The van der Waals surface area contributed by atoms with Crippen molar-refractivity contribution in [3.8, 4) is 11.5 Å². The molecule has 1 aromatic rings. The number of phenols is 1.